The SMILES string of the molecule is Cc1cccc(-n2nnnc2SCC(=O)c2c(N)n(C)c(=O)n(C)c2=O)c1. The molecular weight excluding hydrogens is 370 g/mol. The van der Waals surface area contributed by atoms with Crippen molar-refractivity contribution >= 4 is 23.4 Å². The Morgan fingerprint density at radius 2 is 1.96 bits per heavy atom. The molecule has 3 aromatic rings. The number of nitrogens with two attached hydrogens (primary N) is 1. The summed E-state index contributed by atoms with van der Waals surface area (Å²) in [5, 5.41) is 11.9. The summed E-state index contributed by atoms with van der Waals surface area (Å²) >= 11 is 1.08. The number of carbonyl (C=O) groups is 1. The topological polar surface area (TPSA) is 131 Å². The molecular formula is C16H17N7O3S. The van der Waals surface area contributed by atoms with Crippen molar-refractivity contribution in [2.75, 3.05) is 11.5 Å². The Hall–Kier alpha value is -3.21. The molecule has 0 unspecified atom stereocenters. The lowest BCUT2D eigenvalue weighted by molar-refractivity contribution is 0.102. The average Bonchev–Trinajstić information content (AvgIpc) is 3.12. The monoisotopic (exact) mass is 387 g/mol. The minimum Gasteiger partial charge on any atom is -0.384 e. The number of thioether (sulfide) groups is 1. The summed E-state index contributed by atoms with van der Waals surface area (Å²) < 4.78 is 3.42. The van der Waals surface area contributed by atoms with Gasteiger partial charge < -0.3 is 5.73 Å². The van der Waals surface area contributed by atoms with Gasteiger partial charge in [0, 0.05) is 14.1 Å². The van der Waals surface area contributed by atoms with Crippen LogP contribution in [0.3, 0.4) is 0 Å². The zero-order valence-electron chi connectivity index (χ0n) is 14.9. The zero-order chi connectivity index (χ0) is 19.7. The first-order valence-electron chi connectivity index (χ1n) is 7.88. The molecule has 2 N–H and O–H groups in total. The summed E-state index contributed by atoms with van der Waals surface area (Å²) in [6.07, 6.45) is 0. The van der Waals surface area contributed by atoms with Crippen molar-refractivity contribution in [3.63, 3.8) is 0 Å². The largest absolute Gasteiger partial charge is 0.384 e. The lowest BCUT2D eigenvalue weighted by atomic mass is 10.2. The second kappa shape index (κ2) is 7.19. The predicted octanol–water partition coefficient (Wildman–Crippen LogP) is -0.0747. The second-order valence-corrected chi connectivity index (χ2v) is 6.83. The van der Waals surface area contributed by atoms with E-state index in [4.69, 9.17) is 5.73 Å². The van der Waals surface area contributed by atoms with Crippen LogP contribution in [0.15, 0.2) is 39.0 Å². The van der Waals surface area contributed by atoms with E-state index < -0.39 is 17.0 Å². The van der Waals surface area contributed by atoms with Crippen LogP contribution in [-0.4, -0.2) is 40.9 Å². The smallest absolute Gasteiger partial charge is 0.332 e. The van der Waals surface area contributed by atoms with Crippen LogP contribution in [-0.2, 0) is 14.1 Å². The molecule has 0 saturated heterocycles. The van der Waals surface area contributed by atoms with E-state index in [1.54, 1.807) is 0 Å². The van der Waals surface area contributed by atoms with E-state index in [2.05, 4.69) is 15.5 Å². The molecule has 0 atom stereocenters. The molecule has 0 amide bonds. The highest BCUT2D eigenvalue weighted by Gasteiger charge is 2.21. The third-order valence-corrected chi connectivity index (χ3v) is 4.93. The van der Waals surface area contributed by atoms with Gasteiger partial charge in [-0.25, -0.2) is 4.79 Å². The highest BCUT2D eigenvalue weighted by atomic mass is 32.2. The minimum atomic E-state index is -0.723. The summed E-state index contributed by atoms with van der Waals surface area (Å²) in [5.74, 6) is -0.774. The normalized spacial score (nSPS) is 10.9. The molecule has 27 heavy (non-hydrogen) atoms. The van der Waals surface area contributed by atoms with Crippen LogP contribution in [0.4, 0.5) is 5.82 Å². The maximum atomic E-state index is 12.6. The molecule has 2 heterocycles. The van der Waals surface area contributed by atoms with E-state index in [1.807, 2.05) is 31.2 Å². The molecule has 0 aliphatic rings. The fourth-order valence-electron chi connectivity index (χ4n) is 2.51. The fourth-order valence-corrected chi connectivity index (χ4v) is 3.28. The maximum absolute atomic E-state index is 12.6. The Balaban J connectivity index is 1.88. The van der Waals surface area contributed by atoms with Gasteiger partial charge in [0.25, 0.3) is 5.56 Å². The number of carbonyl (C=O) groups excluding carboxylic acids is 1. The van der Waals surface area contributed by atoms with Crippen molar-refractivity contribution < 1.29 is 4.79 Å². The van der Waals surface area contributed by atoms with Crippen LogP contribution < -0.4 is 17.0 Å². The van der Waals surface area contributed by atoms with Crippen LogP contribution in [0.2, 0.25) is 0 Å². The molecule has 3 rings (SSSR count). The maximum Gasteiger partial charge on any atom is 0.332 e. The van der Waals surface area contributed by atoms with Crippen molar-refractivity contribution in [3.8, 4) is 5.69 Å². The number of ketones is 1. The molecule has 0 radical (unpaired) electrons. The van der Waals surface area contributed by atoms with Crippen LogP contribution >= 0.6 is 11.8 Å². The average molecular weight is 387 g/mol. The molecule has 0 aliphatic heterocycles. The van der Waals surface area contributed by atoms with Gasteiger partial charge in [-0.15, -0.1) is 5.10 Å². The zero-order valence-corrected chi connectivity index (χ0v) is 15.7. The number of rotatable bonds is 5. The molecule has 1 aromatic carbocycles. The third-order valence-electron chi connectivity index (χ3n) is 4.01. The minimum absolute atomic E-state index is 0.107. The van der Waals surface area contributed by atoms with Crippen molar-refractivity contribution in [3.05, 3.63) is 56.2 Å². The van der Waals surface area contributed by atoms with Crippen molar-refractivity contribution in [2.45, 2.75) is 12.1 Å². The van der Waals surface area contributed by atoms with Gasteiger partial charge in [-0.1, -0.05) is 23.9 Å². The molecule has 0 fully saturated rings. The Morgan fingerprint density at radius 3 is 2.67 bits per heavy atom. The van der Waals surface area contributed by atoms with Crippen molar-refractivity contribution in [1.29, 1.82) is 0 Å². The molecule has 0 bridgehead atoms. The Kier molecular flexibility index (Phi) is 4.95. The number of anilines is 1. The summed E-state index contributed by atoms with van der Waals surface area (Å²) in [6, 6.07) is 7.57. The Morgan fingerprint density at radius 1 is 1.22 bits per heavy atom. The molecule has 140 valence electrons. The van der Waals surface area contributed by atoms with Gasteiger partial charge in [-0.05, 0) is 35.0 Å². The first kappa shape index (κ1) is 18.6. The van der Waals surface area contributed by atoms with E-state index in [0.29, 0.717) is 5.16 Å². The highest BCUT2D eigenvalue weighted by Crippen LogP contribution is 2.20. The van der Waals surface area contributed by atoms with Crippen LogP contribution in [0.1, 0.15) is 15.9 Å². The van der Waals surface area contributed by atoms with Gasteiger partial charge >= 0.3 is 5.69 Å². The van der Waals surface area contributed by atoms with Gasteiger partial charge in [0.05, 0.1) is 11.4 Å². The Bertz CT molecular complexity index is 1150. The quantitative estimate of drug-likeness (QED) is 0.475. The van der Waals surface area contributed by atoms with E-state index in [1.165, 1.54) is 18.8 Å². The summed E-state index contributed by atoms with van der Waals surface area (Å²) in [6.45, 7) is 1.95. The summed E-state index contributed by atoms with van der Waals surface area (Å²) in [5.41, 5.74) is 6.07. The number of Topliss-reactive ketones (excluding diaryl/α,β-unsaturated/α-hetero) is 1. The van der Waals surface area contributed by atoms with Crippen molar-refractivity contribution in [1.82, 2.24) is 29.3 Å². The number of hydrogen-bond acceptors (Lipinski definition) is 8. The summed E-state index contributed by atoms with van der Waals surface area (Å²) in [4.78, 5) is 36.7. The van der Waals surface area contributed by atoms with E-state index in [9.17, 15) is 14.4 Å². The first-order valence-corrected chi connectivity index (χ1v) is 8.86. The number of aromatic nitrogens is 6. The van der Waals surface area contributed by atoms with E-state index in [-0.39, 0.29) is 17.1 Å². The van der Waals surface area contributed by atoms with Gasteiger partial charge in [0.2, 0.25) is 5.16 Å². The molecule has 0 spiro atoms. The number of tetrazole rings is 1. The standard InChI is InChI=1S/C16H17N7O3S/c1-9-5-4-6-10(7-9)23-15(18-19-20-23)27-8-11(24)12-13(17)21(2)16(26)22(3)14(12)25/h4-7H,8,17H2,1-3H3. The summed E-state index contributed by atoms with van der Waals surface area (Å²) in [7, 11) is 2.70. The van der Waals surface area contributed by atoms with E-state index in [0.717, 1.165) is 32.1 Å². The molecule has 0 aliphatic carbocycles. The molecule has 10 nitrogen and oxygen atoms in total. The van der Waals surface area contributed by atoms with Gasteiger partial charge in [0.15, 0.2) is 5.78 Å². The molecule has 0 saturated carbocycles. The Labute approximate surface area is 157 Å². The number of aryl methyl sites for hydroxylation is 1. The van der Waals surface area contributed by atoms with Crippen LogP contribution in [0, 0.1) is 6.92 Å². The lowest BCUT2D eigenvalue weighted by Gasteiger charge is -2.10. The number of nitrogens with zero attached hydrogens (tertiary/aromatic N) is 6. The third kappa shape index (κ3) is 3.40. The highest BCUT2D eigenvalue weighted by molar-refractivity contribution is 7.99. The number of hydrogen-bond donors (Lipinski definition) is 1. The van der Waals surface area contributed by atoms with E-state index >= 15 is 0 Å². The van der Waals surface area contributed by atoms with Crippen LogP contribution in [0.25, 0.3) is 5.69 Å². The number of benzene rings is 1. The van der Waals surface area contributed by atoms with Crippen LogP contribution in [0.5, 0.6) is 0 Å². The van der Waals surface area contributed by atoms with Gasteiger partial charge in [-0.3, -0.25) is 18.7 Å². The number of nitrogen functional groups attached to an aromatic ring is 1. The predicted molar refractivity (Wildman–Crippen MR) is 100 cm³/mol. The first-order chi connectivity index (χ1) is 12.8. The van der Waals surface area contributed by atoms with Gasteiger partial charge in [-0.2, -0.15) is 4.68 Å². The lowest BCUT2D eigenvalue weighted by Crippen LogP contribution is -2.41. The van der Waals surface area contributed by atoms with Gasteiger partial charge in [0.1, 0.15) is 11.4 Å². The second-order valence-electron chi connectivity index (χ2n) is 5.89. The fraction of sp³-hybridized carbons (Fsp3) is 0.250. The van der Waals surface area contributed by atoms with Crippen molar-refractivity contribution in [2.24, 2.45) is 14.1 Å². The molecule has 11 heteroatoms. The molecule has 2 aromatic heterocycles.